The van der Waals surface area contributed by atoms with Crippen molar-refractivity contribution in [1.29, 1.82) is 0 Å². The van der Waals surface area contributed by atoms with Crippen LogP contribution in [-0.2, 0) is 28.9 Å². The van der Waals surface area contributed by atoms with Gasteiger partial charge in [-0.3, -0.25) is 0 Å². The molecular formula is C31H37NO4. The maximum absolute atomic E-state index is 12.6. The third-order valence-electron chi connectivity index (χ3n) is 6.65. The van der Waals surface area contributed by atoms with E-state index in [1.165, 1.54) is 16.7 Å². The molecule has 1 fully saturated rings. The molecular weight excluding hydrogens is 450 g/mol. The Kier molecular flexibility index (Phi) is 9.40. The van der Waals surface area contributed by atoms with E-state index in [1.807, 2.05) is 42.2 Å². The summed E-state index contributed by atoms with van der Waals surface area (Å²) in [5, 5.41) is 0. The number of carbonyl (C=O) groups excluding carboxylic acids is 1. The van der Waals surface area contributed by atoms with Crippen molar-refractivity contribution in [2.24, 2.45) is 0 Å². The highest BCUT2D eigenvalue weighted by atomic mass is 16.6. The number of rotatable bonds is 11. The average Bonchev–Trinajstić information content (AvgIpc) is 3.31. The Labute approximate surface area is 215 Å². The molecule has 4 rings (SSSR count). The molecule has 36 heavy (non-hydrogen) atoms. The predicted octanol–water partition coefficient (Wildman–Crippen LogP) is 6.37. The second-order valence-electron chi connectivity index (χ2n) is 9.39. The molecule has 1 aliphatic rings. The average molecular weight is 488 g/mol. The molecule has 1 heterocycles. The Morgan fingerprint density at radius 3 is 2.53 bits per heavy atom. The van der Waals surface area contributed by atoms with Gasteiger partial charge in [0.15, 0.2) is 0 Å². The first-order chi connectivity index (χ1) is 17.6. The molecule has 0 N–H and O–H groups in total. The molecule has 3 aromatic rings. The molecule has 0 aromatic heterocycles. The molecule has 0 aliphatic carbocycles. The summed E-state index contributed by atoms with van der Waals surface area (Å²) in [6, 6.07) is 27.1. The highest BCUT2D eigenvalue weighted by Gasteiger charge is 2.36. The van der Waals surface area contributed by atoms with Crippen LogP contribution in [0.5, 0.6) is 5.75 Å². The SMILES string of the molecule is CCOC(=O)N1C[C@H](OCc2ccccc2)C[C@H]1CCOc1ccccc1CCc1cccc(C)c1. The smallest absolute Gasteiger partial charge is 0.410 e. The van der Waals surface area contributed by atoms with Gasteiger partial charge in [-0.15, -0.1) is 0 Å². The molecule has 1 aliphatic heterocycles. The van der Waals surface area contributed by atoms with Crippen LogP contribution >= 0.6 is 0 Å². The summed E-state index contributed by atoms with van der Waals surface area (Å²) in [5.74, 6) is 0.919. The number of aryl methyl sites for hydroxylation is 3. The summed E-state index contributed by atoms with van der Waals surface area (Å²) in [5.41, 5.74) is 4.96. The zero-order valence-electron chi connectivity index (χ0n) is 21.4. The lowest BCUT2D eigenvalue weighted by Gasteiger charge is -2.23. The Bertz CT molecular complexity index is 1100. The number of para-hydroxylation sites is 1. The molecule has 5 heteroatoms. The van der Waals surface area contributed by atoms with E-state index in [2.05, 4.69) is 55.5 Å². The zero-order chi connectivity index (χ0) is 25.2. The summed E-state index contributed by atoms with van der Waals surface area (Å²) in [6.45, 7) is 5.95. The quantitative estimate of drug-likeness (QED) is 0.316. The van der Waals surface area contributed by atoms with Crippen LogP contribution in [0.1, 0.15) is 42.0 Å². The van der Waals surface area contributed by atoms with E-state index < -0.39 is 0 Å². The summed E-state index contributed by atoms with van der Waals surface area (Å²) in [7, 11) is 0. The Hall–Kier alpha value is -3.31. The van der Waals surface area contributed by atoms with E-state index in [9.17, 15) is 4.79 Å². The lowest BCUT2D eigenvalue weighted by Crippen LogP contribution is -2.37. The fourth-order valence-electron chi connectivity index (χ4n) is 4.79. The summed E-state index contributed by atoms with van der Waals surface area (Å²) in [6.07, 6.45) is 3.13. The second-order valence-corrected chi connectivity index (χ2v) is 9.39. The number of benzene rings is 3. The van der Waals surface area contributed by atoms with Crippen molar-refractivity contribution in [2.45, 2.75) is 58.3 Å². The van der Waals surface area contributed by atoms with Gasteiger partial charge >= 0.3 is 6.09 Å². The fourth-order valence-corrected chi connectivity index (χ4v) is 4.79. The number of hydrogen-bond donors (Lipinski definition) is 0. The molecule has 2 atom stereocenters. The standard InChI is InChI=1S/C31H37NO4/c1-3-34-31(33)32-22-29(36-23-26-11-5-4-6-12-26)21-28(32)18-19-35-30-15-8-7-14-27(30)17-16-25-13-9-10-24(2)20-25/h4-15,20,28-29H,3,16-19,21-23H2,1-2H3/t28-,29-/m1/s1. The van der Waals surface area contributed by atoms with Gasteiger partial charge in [-0.25, -0.2) is 4.79 Å². The van der Waals surface area contributed by atoms with Crippen molar-refractivity contribution < 1.29 is 19.0 Å². The van der Waals surface area contributed by atoms with Crippen molar-refractivity contribution in [2.75, 3.05) is 19.8 Å². The van der Waals surface area contributed by atoms with Crippen LogP contribution < -0.4 is 4.74 Å². The summed E-state index contributed by atoms with van der Waals surface area (Å²) in [4.78, 5) is 14.4. The maximum Gasteiger partial charge on any atom is 0.410 e. The topological polar surface area (TPSA) is 48.0 Å². The normalized spacial score (nSPS) is 17.2. The van der Waals surface area contributed by atoms with Gasteiger partial charge < -0.3 is 19.1 Å². The molecule has 0 saturated carbocycles. The lowest BCUT2D eigenvalue weighted by atomic mass is 10.0. The van der Waals surface area contributed by atoms with Gasteiger partial charge in [0.2, 0.25) is 0 Å². The van der Waals surface area contributed by atoms with Gasteiger partial charge in [0, 0.05) is 12.5 Å². The zero-order valence-corrected chi connectivity index (χ0v) is 21.4. The first kappa shape index (κ1) is 25.8. The van der Waals surface area contributed by atoms with Gasteiger partial charge in [-0.05, 0) is 55.9 Å². The van der Waals surface area contributed by atoms with Crippen LogP contribution in [0, 0.1) is 6.92 Å². The number of amides is 1. The number of ether oxygens (including phenoxy) is 3. The van der Waals surface area contributed by atoms with Crippen LogP contribution in [0.2, 0.25) is 0 Å². The molecule has 0 bridgehead atoms. The number of carbonyl (C=O) groups is 1. The molecule has 0 radical (unpaired) electrons. The van der Waals surface area contributed by atoms with Gasteiger partial charge in [0.05, 0.1) is 32.5 Å². The van der Waals surface area contributed by atoms with Crippen LogP contribution in [0.25, 0.3) is 0 Å². The van der Waals surface area contributed by atoms with E-state index in [4.69, 9.17) is 14.2 Å². The summed E-state index contributed by atoms with van der Waals surface area (Å²) < 4.78 is 17.7. The van der Waals surface area contributed by atoms with Crippen LogP contribution in [0.4, 0.5) is 4.79 Å². The predicted molar refractivity (Wildman–Crippen MR) is 142 cm³/mol. The van der Waals surface area contributed by atoms with Crippen LogP contribution in [0.15, 0.2) is 78.9 Å². The van der Waals surface area contributed by atoms with E-state index in [1.54, 1.807) is 0 Å². The van der Waals surface area contributed by atoms with Crippen LogP contribution in [0.3, 0.4) is 0 Å². The van der Waals surface area contributed by atoms with E-state index in [0.29, 0.717) is 26.4 Å². The Balaban J connectivity index is 1.32. The Morgan fingerprint density at radius 2 is 1.72 bits per heavy atom. The van der Waals surface area contributed by atoms with Crippen molar-refractivity contribution in [3.8, 4) is 5.75 Å². The van der Waals surface area contributed by atoms with Gasteiger partial charge in [0.1, 0.15) is 5.75 Å². The molecule has 5 nitrogen and oxygen atoms in total. The number of nitrogens with zero attached hydrogens (tertiary/aromatic N) is 1. The van der Waals surface area contributed by atoms with Crippen molar-refractivity contribution >= 4 is 6.09 Å². The van der Waals surface area contributed by atoms with Gasteiger partial charge in [-0.1, -0.05) is 78.4 Å². The monoisotopic (exact) mass is 487 g/mol. The van der Waals surface area contributed by atoms with Gasteiger partial charge in [0.25, 0.3) is 0 Å². The molecule has 1 amide bonds. The minimum Gasteiger partial charge on any atom is -0.493 e. The molecule has 0 spiro atoms. The Morgan fingerprint density at radius 1 is 0.944 bits per heavy atom. The highest BCUT2D eigenvalue weighted by Crippen LogP contribution is 2.26. The number of hydrogen-bond acceptors (Lipinski definition) is 4. The lowest BCUT2D eigenvalue weighted by molar-refractivity contribution is 0.0442. The third kappa shape index (κ3) is 7.34. The minimum absolute atomic E-state index is 0.0128. The third-order valence-corrected chi connectivity index (χ3v) is 6.65. The second kappa shape index (κ2) is 13.1. The molecule has 0 unspecified atom stereocenters. The first-order valence-electron chi connectivity index (χ1n) is 13.0. The summed E-state index contributed by atoms with van der Waals surface area (Å²) >= 11 is 0. The van der Waals surface area contributed by atoms with E-state index >= 15 is 0 Å². The number of likely N-dealkylation sites (tertiary alicyclic amines) is 1. The fraction of sp³-hybridized carbons (Fsp3) is 0.387. The highest BCUT2D eigenvalue weighted by molar-refractivity contribution is 5.68. The first-order valence-corrected chi connectivity index (χ1v) is 13.0. The van der Waals surface area contributed by atoms with Gasteiger partial charge in [-0.2, -0.15) is 0 Å². The van der Waals surface area contributed by atoms with Crippen LogP contribution in [-0.4, -0.2) is 42.9 Å². The maximum atomic E-state index is 12.6. The van der Waals surface area contributed by atoms with Crippen molar-refractivity contribution in [3.05, 3.63) is 101 Å². The van der Waals surface area contributed by atoms with E-state index in [0.717, 1.165) is 37.0 Å². The van der Waals surface area contributed by atoms with Crippen molar-refractivity contribution in [3.63, 3.8) is 0 Å². The largest absolute Gasteiger partial charge is 0.493 e. The molecule has 190 valence electrons. The molecule has 3 aromatic carbocycles. The van der Waals surface area contributed by atoms with Crippen molar-refractivity contribution in [1.82, 2.24) is 4.90 Å². The van der Waals surface area contributed by atoms with E-state index in [-0.39, 0.29) is 18.2 Å². The minimum atomic E-state index is -0.271. The molecule has 1 saturated heterocycles.